The second-order valence-corrected chi connectivity index (χ2v) is 4.78. The molecule has 0 amide bonds. The Balaban J connectivity index is 1.58. The smallest absolute Gasteiger partial charge is 0.0192 e. The summed E-state index contributed by atoms with van der Waals surface area (Å²) < 4.78 is 0. The molecule has 1 atom stereocenters. The third kappa shape index (κ3) is 2.44. The summed E-state index contributed by atoms with van der Waals surface area (Å²) in [7, 11) is 0. The van der Waals surface area contributed by atoms with Gasteiger partial charge in [-0.25, -0.2) is 0 Å². The molecular weight excluding hydrogens is 160 g/mol. The first-order chi connectivity index (χ1) is 6.35. The van der Waals surface area contributed by atoms with Crippen LogP contribution in [0.4, 0.5) is 0 Å². The summed E-state index contributed by atoms with van der Waals surface area (Å²) in [6.07, 6.45) is 7.00. The van der Waals surface area contributed by atoms with Crippen molar-refractivity contribution >= 4 is 0 Å². The van der Waals surface area contributed by atoms with Crippen molar-refractivity contribution in [3.05, 3.63) is 0 Å². The van der Waals surface area contributed by atoms with Crippen LogP contribution < -0.4 is 10.6 Å². The van der Waals surface area contributed by atoms with Gasteiger partial charge in [0.05, 0.1) is 0 Å². The molecule has 1 saturated heterocycles. The van der Waals surface area contributed by atoms with E-state index in [2.05, 4.69) is 17.6 Å². The lowest BCUT2D eigenvalue weighted by Crippen LogP contribution is -2.36. The highest BCUT2D eigenvalue weighted by Crippen LogP contribution is 2.47. The Morgan fingerprint density at radius 1 is 1.46 bits per heavy atom. The topological polar surface area (TPSA) is 24.1 Å². The third-order valence-corrected chi connectivity index (χ3v) is 3.76. The molecule has 76 valence electrons. The second-order valence-electron chi connectivity index (χ2n) is 4.78. The van der Waals surface area contributed by atoms with E-state index in [1.165, 1.54) is 51.7 Å². The Labute approximate surface area is 81.5 Å². The van der Waals surface area contributed by atoms with Crippen LogP contribution in [0.5, 0.6) is 0 Å². The minimum atomic E-state index is 0.707. The van der Waals surface area contributed by atoms with Crippen LogP contribution in [0.15, 0.2) is 0 Å². The molecule has 0 radical (unpaired) electrons. The lowest BCUT2D eigenvalue weighted by molar-refractivity contribution is 0.423. The van der Waals surface area contributed by atoms with Crippen LogP contribution in [-0.4, -0.2) is 25.7 Å². The van der Waals surface area contributed by atoms with Crippen molar-refractivity contribution in [2.24, 2.45) is 5.41 Å². The van der Waals surface area contributed by atoms with E-state index in [0.29, 0.717) is 5.41 Å². The highest BCUT2D eigenvalue weighted by molar-refractivity contribution is 4.94. The van der Waals surface area contributed by atoms with Gasteiger partial charge in [-0.2, -0.15) is 0 Å². The molecule has 2 heteroatoms. The van der Waals surface area contributed by atoms with Crippen molar-refractivity contribution < 1.29 is 0 Å². The predicted molar refractivity (Wildman–Crippen MR) is 55.9 cm³/mol. The Kier molecular flexibility index (Phi) is 2.89. The standard InChI is InChI=1S/C11H22N2/c1-2-11(5-6-11)9-12-8-10-4-3-7-13-10/h10,12-13H,2-9H2,1H3. The molecule has 13 heavy (non-hydrogen) atoms. The molecule has 1 saturated carbocycles. The highest BCUT2D eigenvalue weighted by Gasteiger charge is 2.39. The molecule has 2 aliphatic rings. The maximum atomic E-state index is 3.62. The van der Waals surface area contributed by atoms with Gasteiger partial charge in [-0.1, -0.05) is 6.92 Å². The summed E-state index contributed by atoms with van der Waals surface area (Å²) in [5, 5.41) is 7.14. The van der Waals surface area contributed by atoms with E-state index in [0.717, 1.165) is 6.04 Å². The van der Waals surface area contributed by atoms with Crippen molar-refractivity contribution in [1.29, 1.82) is 0 Å². The van der Waals surface area contributed by atoms with E-state index in [1.54, 1.807) is 0 Å². The molecule has 2 nitrogen and oxygen atoms in total. The average Bonchev–Trinajstić information content (AvgIpc) is 2.74. The molecule has 1 aliphatic carbocycles. The molecule has 2 N–H and O–H groups in total. The average molecular weight is 182 g/mol. The molecule has 0 aromatic heterocycles. The molecule has 2 rings (SSSR count). The number of hydrogen-bond donors (Lipinski definition) is 2. The van der Waals surface area contributed by atoms with Gasteiger partial charge in [0.1, 0.15) is 0 Å². The van der Waals surface area contributed by atoms with Crippen LogP contribution in [0.2, 0.25) is 0 Å². The summed E-state index contributed by atoms with van der Waals surface area (Å²) in [6.45, 7) is 5.98. The highest BCUT2D eigenvalue weighted by atomic mass is 15.0. The first-order valence-electron chi connectivity index (χ1n) is 5.79. The zero-order valence-electron chi connectivity index (χ0n) is 8.73. The SMILES string of the molecule is CCC1(CNCC2CCCN2)CC1. The Bertz CT molecular complexity index is 157. The van der Waals surface area contributed by atoms with Crippen LogP contribution >= 0.6 is 0 Å². The van der Waals surface area contributed by atoms with E-state index in [-0.39, 0.29) is 0 Å². The number of rotatable bonds is 5. The first-order valence-corrected chi connectivity index (χ1v) is 5.79. The largest absolute Gasteiger partial charge is 0.315 e. The summed E-state index contributed by atoms with van der Waals surface area (Å²) in [5.74, 6) is 0. The fraction of sp³-hybridized carbons (Fsp3) is 1.00. The van der Waals surface area contributed by atoms with Crippen LogP contribution in [0.3, 0.4) is 0 Å². The minimum Gasteiger partial charge on any atom is -0.315 e. The minimum absolute atomic E-state index is 0.707. The molecule has 0 bridgehead atoms. The predicted octanol–water partition coefficient (Wildman–Crippen LogP) is 1.52. The Morgan fingerprint density at radius 2 is 2.31 bits per heavy atom. The second kappa shape index (κ2) is 3.97. The summed E-state index contributed by atoms with van der Waals surface area (Å²) in [5.41, 5.74) is 0.707. The van der Waals surface area contributed by atoms with Crippen LogP contribution in [-0.2, 0) is 0 Å². The quantitative estimate of drug-likeness (QED) is 0.673. The van der Waals surface area contributed by atoms with E-state index in [9.17, 15) is 0 Å². The van der Waals surface area contributed by atoms with Crippen molar-refractivity contribution in [2.75, 3.05) is 19.6 Å². The third-order valence-electron chi connectivity index (χ3n) is 3.76. The lowest BCUT2D eigenvalue weighted by atomic mass is 10.0. The molecule has 2 fully saturated rings. The monoisotopic (exact) mass is 182 g/mol. The van der Waals surface area contributed by atoms with Crippen LogP contribution in [0, 0.1) is 5.41 Å². The normalized spacial score (nSPS) is 30.7. The van der Waals surface area contributed by atoms with Gasteiger partial charge in [0.2, 0.25) is 0 Å². The van der Waals surface area contributed by atoms with Crippen LogP contribution in [0.1, 0.15) is 39.0 Å². The lowest BCUT2D eigenvalue weighted by Gasteiger charge is -2.16. The number of nitrogens with one attached hydrogen (secondary N) is 2. The molecule has 0 aromatic carbocycles. The van der Waals surface area contributed by atoms with Gasteiger partial charge in [-0.05, 0) is 44.1 Å². The fourth-order valence-corrected chi connectivity index (χ4v) is 2.27. The molecule has 0 aromatic rings. The van der Waals surface area contributed by atoms with Crippen molar-refractivity contribution in [3.63, 3.8) is 0 Å². The molecule has 1 aliphatic heterocycles. The van der Waals surface area contributed by atoms with Gasteiger partial charge < -0.3 is 10.6 Å². The molecule has 1 unspecified atom stereocenters. The van der Waals surface area contributed by atoms with E-state index >= 15 is 0 Å². The zero-order valence-corrected chi connectivity index (χ0v) is 8.73. The maximum absolute atomic E-state index is 3.62. The fourth-order valence-electron chi connectivity index (χ4n) is 2.27. The van der Waals surface area contributed by atoms with Gasteiger partial charge in [0.15, 0.2) is 0 Å². The van der Waals surface area contributed by atoms with Crippen LogP contribution in [0.25, 0.3) is 0 Å². The molecule has 0 spiro atoms. The number of hydrogen-bond acceptors (Lipinski definition) is 2. The zero-order chi connectivity index (χ0) is 9.15. The first kappa shape index (κ1) is 9.47. The van der Waals surface area contributed by atoms with Gasteiger partial charge in [-0.3, -0.25) is 0 Å². The van der Waals surface area contributed by atoms with Crippen molar-refractivity contribution in [1.82, 2.24) is 10.6 Å². The summed E-state index contributed by atoms with van der Waals surface area (Å²) >= 11 is 0. The Hall–Kier alpha value is -0.0800. The maximum Gasteiger partial charge on any atom is 0.0192 e. The Morgan fingerprint density at radius 3 is 2.85 bits per heavy atom. The van der Waals surface area contributed by atoms with E-state index < -0.39 is 0 Å². The van der Waals surface area contributed by atoms with Gasteiger partial charge in [-0.15, -0.1) is 0 Å². The van der Waals surface area contributed by atoms with E-state index in [1.807, 2.05) is 0 Å². The molecular formula is C11H22N2. The van der Waals surface area contributed by atoms with Gasteiger partial charge >= 0.3 is 0 Å². The molecule has 1 heterocycles. The summed E-state index contributed by atoms with van der Waals surface area (Å²) in [6, 6.07) is 0.757. The van der Waals surface area contributed by atoms with Crippen molar-refractivity contribution in [3.8, 4) is 0 Å². The van der Waals surface area contributed by atoms with Gasteiger partial charge in [0.25, 0.3) is 0 Å². The van der Waals surface area contributed by atoms with Crippen molar-refractivity contribution in [2.45, 2.75) is 45.1 Å². The van der Waals surface area contributed by atoms with E-state index in [4.69, 9.17) is 0 Å². The summed E-state index contributed by atoms with van der Waals surface area (Å²) in [4.78, 5) is 0. The van der Waals surface area contributed by atoms with Gasteiger partial charge in [0, 0.05) is 19.1 Å².